The lowest BCUT2D eigenvalue weighted by Crippen LogP contribution is -2.41. The predicted octanol–water partition coefficient (Wildman–Crippen LogP) is 0.798. The zero-order valence-corrected chi connectivity index (χ0v) is 16.0. The van der Waals surface area contributed by atoms with Crippen LogP contribution in [-0.2, 0) is 32.5 Å². The Hall–Kier alpha value is -2.26. The van der Waals surface area contributed by atoms with E-state index in [1.54, 1.807) is 12.1 Å². The molecule has 0 fully saturated rings. The van der Waals surface area contributed by atoms with Gasteiger partial charge in [0, 0.05) is 20.2 Å². The topological polar surface area (TPSA) is 111 Å². The van der Waals surface area contributed by atoms with Gasteiger partial charge in [-0.3, -0.25) is 4.79 Å². The number of nitrogens with one attached hydrogen (secondary N) is 2. The van der Waals surface area contributed by atoms with Gasteiger partial charge in [-0.05, 0) is 29.7 Å². The maximum absolute atomic E-state index is 12.1. The van der Waals surface area contributed by atoms with Gasteiger partial charge in [-0.2, -0.15) is 0 Å². The van der Waals surface area contributed by atoms with Crippen molar-refractivity contribution in [1.82, 2.24) is 10.0 Å². The van der Waals surface area contributed by atoms with Gasteiger partial charge in [0.05, 0.1) is 17.5 Å². The number of hydrogen-bond acceptors (Lipinski definition) is 5. The molecule has 0 spiro atoms. The van der Waals surface area contributed by atoms with Gasteiger partial charge in [0.1, 0.15) is 0 Å². The minimum Gasteiger partial charge on any atom is -0.383 e. The number of rotatable bonds is 10. The highest BCUT2D eigenvalue weighted by Crippen LogP contribution is 2.10. The average Bonchev–Trinajstić information content (AvgIpc) is 2.67. The lowest BCUT2D eigenvalue weighted by molar-refractivity contribution is -0.122. The molecule has 0 aliphatic rings. The number of benzene rings is 2. The first-order valence-electron chi connectivity index (χ1n) is 8.57. The van der Waals surface area contributed by atoms with Crippen LogP contribution in [0, 0.1) is 0 Å². The molecule has 0 saturated heterocycles. The van der Waals surface area contributed by atoms with Crippen LogP contribution in [0.2, 0.25) is 0 Å². The third kappa shape index (κ3) is 6.76. The Labute approximate surface area is 160 Å². The smallest absolute Gasteiger partial charge is 0.240 e. The molecule has 0 saturated carbocycles. The van der Waals surface area contributed by atoms with Crippen molar-refractivity contribution in [3.63, 3.8) is 0 Å². The molecule has 0 aromatic heterocycles. The largest absolute Gasteiger partial charge is 0.383 e. The lowest BCUT2D eigenvalue weighted by Gasteiger charge is -2.13. The Kier molecular flexibility index (Phi) is 7.93. The van der Waals surface area contributed by atoms with E-state index in [-0.39, 0.29) is 23.9 Å². The molecule has 146 valence electrons. The fourth-order valence-electron chi connectivity index (χ4n) is 2.43. The summed E-state index contributed by atoms with van der Waals surface area (Å²) in [6, 6.07) is 15.2. The van der Waals surface area contributed by atoms with Crippen LogP contribution in [0.25, 0.3) is 0 Å². The Morgan fingerprint density at radius 2 is 1.74 bits per heavy atom. The second kappa shape index (κ2) is 10.2. The first-order valence-corrected chi connectivity index (χ1v) is 10.1. The van der Waals surface area contributed by atoms with E-state index in [9.17, 15) is 13.2 Å². The summed E-state index contributed by atoms with van der Waals surface area (Å²) in [5.41, 5.74) is 7.72. The summed E-state index contributed by atoms with van der Waals surface area (Å²) < 4.78 is 31.5. The summed E-state index contributed by atoms with van der Waals surface area (Å²) in [6.07, 6.45) is 0.455. The molecular formula is C19H25N3O4S. The monoisotopic (exact) mass is 391 g/mol. The zero-order valence-electron chi connectivity index (χ0n) is 15.2. The number of methoxy groups -OCH3 is 1. The molecule has 0 heterocycles. The predicted molar refractivity (Wildman–Crippen MR) is 103 cm³/mol. The minimum atomic E-state index is -3.57. The molecule has 0 bridgehead atoms. The van der Waals surface area contributed by atoms with Crippen LogP contribution in [0.4, 0.5) is 0 Å². The van der Waals surface area contributed by atoms with Crippen molar-refractivity contribution in [3.05, 3.63) is 65.7 Å². The molecule has 2 rings (SSSR count). The Morgan fingerprint density at radius 3 is 2.37 bits per heavy atom. The molecule has 7 nitrogen and oxygen atoms in total. The third-order valence-electron chi connectivity index (χ3n) is 3.93. The number of hydrogen-bond donors (Lipinski definition) is 3. The normalized spacial score (nSPS) is 12.5. The van der Waals surface area contributed by atoms with Gasteiger partial charge in [0.15, 0.2) is 0 Å². The van der Waals surface area contributed by atoms with E-state index in [1.165, 1.54) is 19.2 Å². The number of amides is 1. The molecule has 1 atom stereocenters. The van der Waals surface area contributed by atoms with E-state index in [4.69, 9.17) is 10.5 Å². The molecule has 0 unspecified atom stereocenters. The van der Waals surface area contributed by atoms with Crippen LogP contribution in [0.15, 0.2) is 59.5 Å². The Bertz CT molecular complexity index is 824. The van der Waals surface area contributed by atoms with Gasteiger partial charge in [-0.1, -0.05) is 42.5 Å². The van der Waals surface area contributed by atoms with E-state index in [1.807, 2.05) is 30.3 Å². The van der Waals surface area contributed by atoms with Gasteiger partial charge in [-0.15, -0.1) is 0 Å². The number of ether oxygens (including phenoxy) is 1. The maximum Gasteiger partial charge on any atom is 0.240 e. The first kappa shape index (κ1) is 21.0. The summed E-state index contributed by atoms with van der Waals surface area (Å²) in [7, 11) is -2.06. The Balaban J connectivity index is 1.86. The second-order valence-electron chi connectivity index (χ2n) is 6.05. The highest BCUT2D eigenvalue weighted by atomic mass is 32.2. The van der Waals surface area contributed by atoms with Crippen LogP contribution in [0.3, 0.4) is 0 Å². The highest BCUT2D eigenvalue weighted by Gasteiger charge is 2.15. The molecule has 27 heavy (non-hydrogen) atoms. The van der Waals surface area contributed by atoms with E-state index in [2.05, 4.69) is 10.0 Å². The number of sulfonamides is 1. The van der Waals surface area contributed by atoms with E-state index in [0.717, 1.165) is 11.1 Å². The van der Waals surface area contributed by atoms with E-state index < -0.39 is 16.1 Å². The SMILES string of the molecule is COCCNS(=O)(=O)c1ccc(CNC(=O)[C@@H](N)Cc2ccccc2)cc1. The Morgan fingerprint density at radius 1 is 1.07 bits per heavy atom. The van der Waals surface area contributed by atoms with Crippen molar-refractivity contribution in [2.45, 2.75) is 23.9 Å². The lowest BCUT2D eigenvalue weighted by atomic mass is 10.1. The van der Waals surface area contributed by atoms with Gasteiger partial charge in [0.2, 0.25) is 15.9 Å². The maximum atomic E-state index is 12.1. The minimum absolute atomic E-state index is 0.162. The van der Waals surface area contributed by atoms with Gasteiger partial charge in [-0.25, -0.2) is 13.1 Å². The highest BCUT2D eigenvalue weighted by molar-refractivity contribution is 7.89. The van der Waals surface area contributed by atoms with Crippen LogP contribution in [0.1, 0.15) is 11.1 Å². The average molecular weight is 391 g/mol. The molecule has 8 heteroatoms. The van der Waals surface area contributed by atoms with E-state index in [0.29, 0.717) is 13.0 Å². The summed E-state index contributed by atoms with van der Waals surface area (Å²) in [5, 5.41) is 2.77. The van der Waals surface area contributed by atoms with Crippen molar-refractivity contribution in [1.29, 1.82) is 0 Å². The van der Waals surface area contributed by atoms with Crippen LogP contribution < -0.4 is 15.8 Å². The van der Waals surface area contributed by atoms with Crippen molar-refractivity contribution in [2.24, 2.45) is 5.73 Å². The van der Waals surface area contributed by atoms with Crippen LogP contribution in [-0.4, -0.2) is 40.6 Å². The summed E-state index contributed by atoms with van der Waals surface area (Å²) in [5.74, 6) is -0.253. The summed E-state index contributed by atoms with van der Waals surface area (Å²) in [6.45, 7) is 0.779. The molecule has 0 aliphatic carbocycles. The van der Waals surface area contributed by atoms with Gasteiger partial charge in [0.25, 0.3) is 0 Å². The van der Waals surface area contributed by atoms with Crippen LogP contribution >= 0.6 is 0 Å². The molecule has 2 aromatic rings. The van der Waals surface area contributed by atoms with Crippen LogP contribution in [0.5, 0.6) is 0 Å². The van der Waals surface area contributed by atoms with Crippen molar-refractivity contribution in [2.75, 3.05) is 20.3 Å². The second-order valence-corrected chi connectivity index (χ2v) is 7.82. The number of carbonyl (C=O) groups is 1. The number of carbonyl (C=O) groups excluding carboxylic acids is 1. The van der Waals surface area contributed by atoms with Gasteiger partial charge < -0.3 is 15.8 Å². The van der Waals surface area contributed by atoms with Crippen molar-refractivity contribution >= 4 is 15.9 Å². The standard InChI is InChI=1S/C19H25N3O4S/c1-26-12-11-22-27(24,25)17-9-7-16(8-10-17)14-21-19(23)18(20)13-15-5-3-2-4-6-15/h2-10,18,22H,11-14,20H2,1H3,(H,21,23)/t18-/m0/s1. The van der Waals surface area contributed by atoms with E-state index >= 15 is 0 Å². The fourth-order valence-corrected chi connectivity index (χ4v) is 3.44. The molecular weight excluding hydrogens is 366 g/mol. The quantitative estimate of drug-likeness (QED) is 0.519. The fraction of sp³-hybridized carbons (Fsp3) is 0.316. The first-order chi connectivity index (χ1) is 12.9. The third-order valence-corrected chi connectivity index (χ3v) is 5.41. The van der Waals surface area contributed by atoms with Crippen molar-refractivity contribution < 1.29 is 17.9 Å². The molecule has 1 amide bonds. The molecule has 0 aliphatic heterocycles. The molecule has 4 N–H and O–H groups in total. The molecule has 0 radical (unpaired) electrons. The zero-order chi connectivity index (χ0) is 19.7. The summed E-state index contributed by atoms with van der Waals surface area (Å²) in [4.78, 5) is 12.3. The molecule has 2 aromatic carbocycles. The number of nitrogens with two attached hydrogens (primary N) is 1. The van der Waals surface area contributed by atoms with Gasteiger partial charge >= 0.3 is 0 Å². The summed E-state index contributed by atoms with van der Waals surface area (Å²) >= 11 is 0. The van der Waals surface area contributed by atoms with Crippen molar-refractivity contribution in [3.8, 4) is 0 Å².